The van der Waals surface area contributed by atoms with Gasteiger partial charge in [-0.2, -0.15) is 0 Å². The lowest BCUT2D eigenvalue weighted by atomic mass is 10.1. The average Bonchev–Trinajstić information content (AvgIpc) is 3.42. The number of sulfonamides is 1. The highest BCUT2D eigenvalue weighted by atomic mass is 79.9. The lowest BCUT2D eigenvalue weighted by Crippen LogP contribution is -2.40. The molecule has 0 fully saturated rings. The number of ether oxygens (including phenoxy) is 1. The van der Waals surface area contributed by atoms with Gasteiger partial charge in [-0.05, 0) is 67.1 Å². The van der Waals surface area contributed by atoms with E-state index in [4.69, 9.17) is 4.74 Å². The van der Waals surface area contributed by atoms with Gasteiger partial charge >= 0.3 is 0 Å². The molecule has 0 atom stereocenters. The van der Waals surface area contributed by atoms with Crippen LogP contribution in [0.25, 0.3) is 5.69 Å². The number of hydrogen-bond donors (Lipinski definition) is 1. The van der Waals surface area contributed by atoms with E-state index in [-0.39, 0.29) is 18.0 Å². The zero-order valence-corrected chi connectivity index (χ0v) is 21.9. The summed E-state index contributed by atoms with van der Waals surface area (Å²) in [5.41, 5.74) is 2.10. The molecule has 0 radical (unpaired) electrons. The first-order valence-electron chi connectivity index (χ1n) is 11.2. The third-order valence-electron chi connectivity index (χ3n) is 5.37. The summed E-state index contributed by atoms with van der Waals surface area (Å²) >= 11 is 3.33. The van der Waals surface area contributed by atoms with E-state index < -0.39 is 15.9 Å². The lowest BCUT2D eigenvalue weighted by Gasteiger charge is -2.24. The van der Waals surface area contributed by atoms with Crippen molar-refractivity contribution in [3.05, 3.63) is 102 Å². The molecule has 0 spiro atoms. The Morgan fingerprint density at radius 3 is 2.44 bits per heavy atom. The molecule has 10 heteroatoms. The quantitative estimate of drug-likeness (QED) is 0.303. The molecular weight excluding hydrogens is 544 g/mol. The van der Waals surface area contributed by atoms with Gasteiger partial charge in [0.2, 0.25) is 5.91 Å². The van der Waals surface area contributed by atoms with E-state index in [9.17, 15) is 13.2 Å². The van der Waals surface area contributed by atoms with Crippen LogP contribution in [0.5, 0.6) is 5.75 Å². The van der Waals surface area contributed by atoms with E-state index in [0.29, 0.717) is 18.0 Å². The zero-order valence-electron chi connectivity index (χ0n) is 19.5. The molecule has 1 N–H and O–H groups in total. The lowest BCUT2D eigenvalue weighted by molar-refractivity contribution is -0.119. The summed E-state index contributed by atoms with van der Waals surface area (Å²) in [4.78, 5) is 17.2. The monoisotopic (exact) mass is 568 g/mol. The minimum absolute atomic E-state index is 0.0813. The van der Waals surface area contributed by atoms with Crippen molar-refractivity contribution in [1.29, 1.82) is 0 Å². The number of benzene rings is 3. The molecule has 0 saturated heterocycles. The Labute approximate surface area is 218 Å². The first kappa shape index (κ1) is 25.5. The Bertz CT molecular complexity index is 1410. The predicted octanol–water partition coefficient (Wildman–Crippen LogP) is 4.55. The first-order chi connectivity index (χ1) is 17.4. The molecule has 186 valence electrons. The molecule has 0 aliphatic heterocycles. The standard InChI is InChI=1S/C26H25BrN4O4S/c1-2-35-23-11-9-22(10-12-23)31(36(33,34)24-13-7-21(27)8-14-24)18-26(32)29-17-20-5-3-4-6-25(20)30-16-15-28-19-30/h3-16,19H,2,17-18H2,1H3,(H,29,32). The third kappa shape index (κ3) is 5.95. The summed E-state index contributed by atoms with van der Waals surface area (Å²) in [5, 5.41) is 2.85. The number of aromatic nitrogens is 2. The molecule has 0 unspecified atom stereocenters. The molecule has 1 heterocycles. The van der Waals surface area contributed by atoms with Crippen LogP contribution in [0.3, 0.4) is 0 Å². The van der Waals surface area contributed by atoms with E-state index in [1.807, 2.05) is 42.0 Å². The molecule has 1 amide bonds. The number of carbonyl (C=O) groups is 1. The van der Waals surface area contributed by atoms with E-state index >= 15 is 0 Å². The molecule has 3 aromatic carbocycles. The topological polar surface area (TPSA) is 93.5 Å². The van der Waals surface area contributed by atoms with Crippen molar-refractivity contribution >= 4 is 37.5 Å². The van der Waals surface area contributed by atoms with E-state index in [1.165, 1.54) is 12.1 Å². The molecule has 36 heavy (non-hydrogen) atoms. The summed E-state index contributed by atoms with van der Waals surface area (Å²) in [6, 6.07) is 20.5. The zero-order chi connectivity index (χ0) is 25.5. The second kappa shape index (κ2) is 11.4. The third-order valence-corrected chi connectivity index (χ3v) is 7.69. The fourth-order valence-electron chi connectivity index (χ4n) is 3.62. The van der Waals surface area contributed by atoms with Crippen molar-refractivity contribution in [3.8, 4) is 11.4 Å². The SMILES string of the molecule is CCOc1ccc(N(CC(=O)NCc2ccccc2-n2ccnc2)S(=O)(=O)c2ccc(Br)cc2)cc1. The number of hydrogen-bond acceptors (Lipinski definition) is 5. The van der Waals surface area contributed by atoms with Crippen LogP contribution in [0.2, 0.25) is 0 Å². The van der Waals surface area contributed by atoms with Crippen molar-refractivity contribution in [2.24, 2.45) is 0 Å². The van der Waals surface area contributed by atoms with Crippen molar-refractivity contribution in [2.75, 3.05) is 17.5 Å². The Morgan fingerprint density at radius 2 is 1.78 bits per heavy atom. The van der Waals surface area contributed by atoms with Gasteiger partial charge in [0.15, 0.2) is 0 Å². The van der Waals surface area contributed by atoms with Crippen LogP contribution < -0.4 is 14.4 Å². The summed E-state index contributed by atoms with van der Waals surface area (Å²) < 4.78 is 36.3. The summed E-state index contributed by atoms with van der Waals surface area (Å²) in [5.74, 6) is 0.174. The van der Waals surface area contributed by atoms with Gasteiger partial charge in [0.05, 0.1) is 29.2 Å². The Balaban J connectivity index is 1.57. The molecule has 8 nitrogen and oxygen atoms in total. The first-order valence-corrected chi connectivity index (χ1v) is 13.5. The highest BCUT2D eigenvalue weighted by molar-refractivity contribution is 9.10. The van der Waals surface area contributed by atoms with Gasteiger partial charge < -0.3 is 14.6 Å². The number of rotatable bonds is 10. The molecule has 1 aromatic heterocycles. The fourth-order valence-corrected chi connectivity index (χ4v) is 5.30. The van der Waals surface area contributed by atoms with Crippen LogP contribution in [0, 0.1) is 0 Å². The normalized spacial score (nSPS) is 11.2. The van der Waals surface area contributed by atoms with Gasteiger partial charge in [0, 0.05) is 23.4 Å². The predicted molar refractivity (Wildman–Crippen MR) is 142 cm³/mol. The van der Waals surface area contributed by atoms with Gasteiger partial charge in [-0.15, -0.1) is 0 Å². The minimum atomic E-state index is -4.02. The number of halogens is 1. The molecule has 0 saturated carbocycles. The number of para-hydroxylation sites is 1. The second-order valence-corrected chi connectivity index (χ2v) is 10.5. The van der Waals surface area contributed by atoms with Crippen LogP contribution in [-0.4, -0.2) is 37.0 Å². The maximum Gasteiger partial charge on any atom is 0.264 e. The summed E-state index contributed by atoms with van der Waals surface area (Å²) in [6.45, 7) is 2.19. The van der Waals surface area contributed by atoms with E-state index in [1.54, 1.807) is 48.9 Å². The maximum absolute atomic E-state index is 13.6. The van der Waals surface area contributed by atoms with Crippen LogP contribution in [0.1, 0.15) is 12.5 Å². The summed E-state index contributed by atoms with van der Waals surface area (Å²) in [6.07, 6.45) is 5.18. The number of nitrogens with one attached hydrogen (secondary N) is 1. The number of anilines is 1. The van der Waals surface area contributed by atoms with Gasteiger partial charge in [0.1, 0.15) is 12.3 Å². The molecule has 0 aliphatic rings. The highest BCUT2D eigenvalue weighted by Gasteiger charge is 2.27. The average molecular weight is 569 g/mol. The maximum atomic E-state index is 13.6. The van der Waals surface area contributed by atoms with Gasteiger partial charge in [-0.1, -0.05) is 34.1 Å². The number of carbonyl (C=O) groups excluding carboxylic acids is 1. The molecule has 4 aromatic rings. The van der Waals surface area contributed by atoms with Crippen LogP contribution >= 0.6 is 15.9 Å². The van der Waals surface area contributed by atoms with Crippen molar-refractivity contribution < 1.29 is 17.9 Å². The molecule has 4 rings (SSSR count). The molecule has 0 aliphatic carbocycles. The summed E-state index contributed by atoms with van der Waals surface area (Å²) in [7, 11) is -4.02. The Hall–Kier alpha value is -3.63. The molecule has 0 bridgehead atoms. The Morgan fingerprint density at radius 1 is 1.06 bits per heavy atom. The van der Waals surface area contributed by atoms with Crippen molar-refractivity contribution in [1.82, 2.24) is 14.9 Å². The van der Waals surface area contributed by atoms with E-state index in [0.717, 1.165) is 20.0 Å². The highest BCUT2D eigenvalue weighted by Crippen LogP contribution is 2.26. The van der Waals surface area contributed by atoms with Crippen molar-refractivity contribution in [2.45, 2.75) is 18.4 Å². The van der Waals surface area contributed by atoms with Crippen LogP contribution in [0.4, 0.5) is 5.69 Å². The number of amides is 1. The fraction of sp³-hybridized carbons (Fsp3) is 0.154. The largest absolute Gasteiger partial charge is 0.494 e. The Kier molecular flexibility index (Phi) is 8.07. The van der Waals surface area contributed by atoms with Gasteiger partial charge in [-0.25, -0.2) is 13.4 Å². The number of imidazole rings is 1. The van der Waals surface area contributed by atoms with Crippen LogP contribution in [0.15, 0.2) is 101 Å². The van der Waals surface area contributed by atoms with Crippen LogP contribution in [-0.2, 0) is 21.4 Å². The van der Waals surface area contributed by atoms with Gasteiger partial charge in [-0.3, -0.25) is 9.10 Å². The van der Waals surface area contributed by atoms with Gasteiger partial charge in [0.25, 0.3) is 10.0 Å². The minimum Gasteiger partial charge on any atom is -0.494 e. The number of nitrogens with zero attached hydrogens (tertiary/aromatic N) is 3. The van der Waals surface area contributed by atoms with Crippen molar-refractivity contribution in [3.63, 3.8) is 0 Å². The van der Waals surface area contributed by atoms with E-state index in [2.05, 4.69) is 26.2 Å². The second-order valence-electron chi connectivity index (χ2n) is 7.77. The molecular formula is C26H25BrN4O4S. The smallest absolute Gasteiger partial charge is 0.264 e.